The number of hydrogen-bond acceptors (Lipinski definition) is 5. The summed E-state index contributed by atoms with van der Waals surface area (Å²) in [4.78, 5) is 36.8. The predicted octanol–water partition coefficient (Wildman–Crippen LogP) is 3.73. The molecule has 2 aromatic rings. The van der Waals surface area contributed by atoms with Crippen molar-refractivity contribution in [2.45, 2.75) is 26.3 Å². The van der Waals surface area contributed by atoms with Crippen molar-refractivity contribution in [3.8, 4) is 0 Å². The van der Waals surface area contributed by atoms with Gasteiger partial charge < -0.3 is 15.4 Å². The number of nitrogens with one attached hydrogen (secondary N) is 2. The van der Waals surface area contributed by atoms with E-state index < -0.39 is 24.0 Å². The SMILES string of the molecule is CC(C)(C)NC(=O)COC(=O)c1ccc(Cl)cc1NC(=O)c1cccs1. The molecule has 0 bridgehead atoms. The largest absolute Gasteiger partial charge is 0.452 e. The van der Waals surface area contributed by atoms with Crippen LogP contribution in [-0.2, 0) is 9.53 Å². The maximum Gasteiger partial charge on any atom is 0.340 e. The van der Waals surface area contributed by atoms with E-state index in [1.54, 1.807) is 17.5 Å². The fourth-order valence-electron chi connectivity index (χ4n) is 2.05. The molecule has 138 valence electrons. The molecule has 0 saturated heterocycles. The lowest BCUT2D eigenvalue weighted by atomic mass is 10.1. The Bertz CT molecular complexity index is 813. The van der Waals surface area contributed by atoms with Crippen LogP contribution in [0.3, 0.4) is 0 Å². The van der Waals surface area contributed by atoms with Crippen LogP contribution < -0.4 is 10.6 Å². The molecule has 1 aromatic heterocycles. The van der Waals surface area contributed by atoms with Crippen molar-refractivity contribution in [3.05, 3.63) is 51.2 Å². The minimum absolute atomic E-state index is 0.114. The highest BCUT2D eigenvalue weighted by Gasteiger charge is 2.19. The van der Waals surface area contributed by atoms with Gasteiger partial charge in [0.05, 0.1) is 16.1 Å². The van der Waals surface area contributed by atoms with Gasteiger partial charge in [-0.15, -0.1) is 11.3 Å². The van der Waals surface area contributed by atoms with E-state index in [1.807, 2.05) is 20.8 Å². The monoisotopic (exact) mass is 394 g/mol. The van der Waals surface area contributed by atoms with Gasteiger partial charge >= 0.3 is 5.97 Å². The summed E-state index contributed by atoms with van der Waals surface area (Å²) in [5, 5.41) is 7.47. The Labute approximate surface area is 160 Å². The summed E-state index contributed by atoms with van der Waals surface area (Å²) in [6.45, 7) is 5.05. The first-order chi connectivity index (χ1) is 12.2. The second kappa shape index (κ2) is 8.33. The van der Waals surface area contributed by atoms with Gasteiger partial charge in [-0.1, -0.05) is 17.7 Å². The molecular weight excluding hydrogens is 376 g/mol. The third-order valence-electron chi connectivity index (χ3n) is 3.04. The lowest BCUT2D eigenvalue weighted by Crippen LogP contribution is -2.42. The van der Waals surface area contributed by atoms with Gasteiger partial charge in [-0.25, -0.2) is 4.79 Å². The summed E-state index contributed by atoms with van der Waals surface area (Å²) < 4.78 is 5.05. The van der Waals surface area contributed by atoms with Crippen LogP contribution in [0.1, 0.15) is 40.8 Å². The van der Waals surface area contributed by atoms with Gasteiger partial charge in [0.15, 0.2) is 6.61 Å². The van der Waals surface area contributed by atoms with E-state index in [2.05, 4.69) is 10.6 Å². The van der Waals surface area contributed by atoms with Crippen LogP contribution >= 0.6 is 22.9 Å². The Morgan fingerprint density at radius 2 is 1.92 bits per heavy atom. The molecule has 0 fully saturated rings. The minimum atomic E-state index is -0.729. The summed E-state index contributed by atoms with van der Waals surface area (Å²) in [6, 6.07) is 7.82. The van der Waals surface area contributed by atoms with Crippen molar-refractivity contribution in [2.75, 3.05) is 11.9 Å². The molecule has 0 radical (unpaired) electrons. The first-order valence-electron chi connectivity index (χ1n) is 7.78. The molecule has 2 amide bonds. The minimum Gasteiger partial charge on any atom is -0.452 e. The van der Waals surface area contributed by atoms with Gasteiger partial charge in [-0.3, -0.25) is 9.59 Å². The normalized spacial score (nSPS) is 10.9. The standard InChI is InChI=1S/C18H19ClN2O4S/c1-18(2,3)21-15(22)10-25-17(24)12-7-6-11(19)9-13(12)20-16(23)14-5-4-8-26-14/h4-9H,10H2,1-3H3,(H,20,23)(H,21,22). The lowest BCUT2D eigenvalue weighted by Gasteiger charge is -2.20. The molecule has 2 rings (SSSR count). The van der Waals surface area contributed by atoms with Gasteiger partial charge in [-0.2, -0.15) is 0 Å². The van der Waals surface area contributed by atoms with Crippen LogP contribution in [0, 0.1) is 0 Å². The first kappa shape index (κ1) is 19.9. The fraction of sp³-hybridized carbons (Fsp3) is 0.278. The van der Waals surface area contributed by atoms with Crippen LogP contribution in [0.4, 0.5) is 5.69 Å². The van der Waals surface area contributed by atoms with Crippen molar-refractivity contribution >= 4 is 46.4 Å². The number of esters is 1. The fourth-order valence-corrected chi connectivity index (χ4v) is 2.84. The Kier molecular flexibility index (Phi) is 6.39. The van der Waals surface area contributed by atoms with Crippen molar-refractivity contribution < 1.29 is 19.1 Å². The Morgan fingerprint density at radius 1 is 1.19 bits per heavy atom. The van der Waals surface area contributed by atoms with Crippen molar-refractivity contribution in [3.63, 3.8) is 0 Å². The first-order valence-corrected chi connectivity index (χ1v) is 9.04. The third kappa shape index (κ3) is 5.86. The van der Waals surface area contributed by atoms with Gasteiger partial charge in [0.25, 0.3) is 11.8 Å². The number of anilines is 1. The van der Waals surface area contributed by atoms with Crippen molar-refractivity contribution in [1.82, 2.24) is 5.32 Å². The highest BCUT2D eigenvalue weighted by molar-refractivity contribution is 7.12. The zero-order chi connectivity index (χ0) is 19.3. The molecule has 8 heteroatoms. The quantitative estimate of drug-likeness (QED) is 0.757. The predicted molar refractivity (Wildman–Crippen MR) is 102 cm³/mol. The number of benzene rings is 1. The maximum atomic E-state index is 12.3. The number of rotatable bonds is 5. The van der Waals surface area contributed by atoms with E-state index in [0.717, 1.165) is 0 Å². The molecule has 0 aliphatic rings. The van der Waals surface area contributed by atoms with E-state index >= 15 is 0 Å². The zero-order valence-corrected chi connectivity index (χ0v) is 16.2. The number of halogens is 1. The second-order valence-corrected chi connectivity index (χ2v) is 7.88. The summed E-state index contributed by atoms with van der Waals surface area (Å²) in [6.07, 6.45) is 0. The van der Waals surface area contributed by atoms with E-state index in [4.69, 9.17) is 16.3 Å². The molecule has 6 nitrogen and oxygen atoms in total. The molecule has 26 heavy (non-hydrogen) atoms. The smallest absolute Gasteiger partial charge is 0.340 e. The average molecular weight is 395 g/mol. The molecule has 0 aliphatic heterocycles. The van der Waals surface area contributed by atoms with Crippen LogP contribution in [0.2, 0.25) is 5.02 Å². The Morgan fingerprint density at radius 3 is 2.54 bits per heavy atom. The number of thiophene rings is 1. The Hall–Kier alpha value is -2.38. The van der Waals surface area contributed by atoms with Crippen LogP contribution in [0.5, 0.6) is 0 Å². The molecule has 0 atom stereocenters. The number of amides is 2. The molecule has 1 heterocycles. The van der Waals surface area contributed by atoms with Crippen LogP contribution in [0.25, 0.3) is 0 Å². The summed E-state index contributed by atoms with van der Waals surface area (Å²) in [7, 11) is 0. The van der Waals surface area contributed by atoms with Crippen LogP contribution in [0.15, 0.2) is 35.7 Å². The highest BCUT2D eigenvalue weighted by Crippen LogP contribution is 2.23. The molecule has 1 aromatic carbocycles. The van der Waals surface area contributed by atoms with Gasteiger partial charge in [0, 0.05) is 10.6 Å². The molecular formula is C18H19ClN2O4S. The summed E-state index contributed by atoms with van der Waals surface area (Å²) >= 11 is 7.24. The lowest BCUT2D eigenvalue weighted by molar-refractivity contribution is -0.125. The summed E-state index contributed by atoms with van der Waals surface area (Å²) in [5.74, 6) is -1.50. The second-order valence-electron chi connectivity index (χ2n) is 6.50. The van der Waals surface area contributed by atoms with Gasteiger partial charge in [-0.05, 0) is 50.4 Å². The van der Waals surface area contributed by atoms with Crippen molar-refractivity contribution in [2.24, 2.45) is 0 Å². The molecule has 0 saturated carbocycles. The molecule has 2 N–H and O–H groups in total. The number of hydrogen-bond donors (Lipinski definition) is 2. The van der Waals surface area contributed by atoms with Gasteiger partial charge in [0.2, 0.25) is 0 Å². The number of carbonyl (C=O) groups is 3. The summed E-state index contributed by atoms with van der Waals surface area (Å²) in [5.41, 5.74) is -0.0937. The van der Waals surface area contributed by atoms with Crippen LogP contribution in [-0.4, -0.2) is 29.9 Å². The van der Waals surface area contributed by atoms with Crippen molar-refractivity contribution in [1.29, 1.82) is 0 Å². The molecule has 0 aliphatic carbocycles. The zero-order valence-electron chi connectivity index (χ0n) is 14.6. The maximum absolute atomic E-state index is 12.3. The number of ether oxygens (including phenoxy) is 1. The molecule has 0 spiro atoms. The molecule has 0 unspecified atom stereocenters. The Balaban J connectivity index is 2.09. The number of carbonyl (C=O) groups excluding carboxylic acids is 3. The van der Waals surface area contributed by atoms with E-state index in [9.17, 15) is 14.4 Å². The van der Waals surface area contributed by atoms with Gasteiger partial charge in [0.1, 0.15) is 0 Å². The van der Waals surface area contributed by atoms with E-state index in [-0.39, 0.29) is 17.2 Å². The van der Waals surface area contributed by atoms with E-state index in [1.165, 1.54) is 29.5 Å². The van der Waals surface area contributed by atoms with E-state index in [0.29, 0.717) is 9.90 Å². The third-order valence-corrected chi connectivity index (χ3v) is 4.15. The highest BCUT2D eigenvalue weighted by atomic mass is 35.5. The average Bonchev–Trinajstić information content (AvgIpc) is 3.05. The topological polar surface area (TPSA) is 84.5 Å².